The Morgan fingerprint density at radius 3 is 2.24 bits per heavy atom. The third-order valence-electron chi connectivity index (χ3n) is 5.75. The SMILES string of the molecule is Nc1cnc(NC(=O)C2C3CC4CC(C3)CC2C4)cc1N. The van der Waals surface area contributed by atoms with E-state index in [9.17, 15) is 4.79 Å². The molecular weight excluding hydrogens is 264 g/mol. The number of amides is 1. The summed E-state index contributed by atoms with van der Waals surface area (Å²) >= 11 is 0. The maximum absolute atomic E-state index is 12.7. The summed E-state index contributed by atoms with van der Waals surface area (Å²) in [4.78, 5) is 16.8. The molecule has 1 aromatic heterocycles. The molecule has 5 N–H and O–H groups in total. The van der Waals surface area contributed by atoms with Crippen molar-refractivity contribution in [3.8, 4) is 0 Å². The average Bonchev–Trinajstić information content (AvgIpc) is 2.41. The predicted octanol–water partition coefficient (Wildman–Crippen LogP) is 2.26. The fourth-order valence-electron chi connectivity index (χ4n) is 5.11. The van der Waals surface area contributed by atoms with Crippen LogP contribution in [0.25, 0.3) is 0 Å². The van der Waals surface area contributed by atoms with Gasteiger partial charge in [0.15, 0.2) is 0 Å². The van der Waals surface area contributed by atoms with E-state index in [-0.39, 0.29) is 11.8 Å². The van der Waals surface area contributed by atoms with Gasteiger partial charge >= 0.3 is 0 Å². The highest BCUT2D eigenvalue weighted by Crippen LogP contribution is 2.56. The summed E-state index contributed by atoms with van der Waals surface area (Å²) in [5.74, 6) is 3.71. The van der Waals surface area contributed by atoms with Crippen molar-refractivity contribution in [1.29, 1.82) is 0 Å². The molecule has 0 atom stereocenters. The Balaban J connectivity index is 1.51. The predicted molar refractivity (Wildman–Crippen MR) is 82.2 cm³/mol. The largest absolute Gasteiger partial charge is 0.397 e. The number of hydrogen-bond acceptors (Lipinski definition) is 4. The number of rotatable bonds is 2. The lowest BCUT2D eigenvalue weighted by Crippen LogP contribution is -2.49. The minimum absolute atomic E-state index is 0.125. The van der Waals surface area contributed by atoms with Crippen molar-refractivity contribution < 1.29 is 4.79 Å². The number of nitrogens with two attached hydrogens (primary N) is 2. The Bertz CT molecular complexity index is 558. The summed E-state index contributed by atoms with van der Waals surface area (Å²) < 4.78 is 0. The molecule has 0 aromatic carbocycles. The molecule has 0 saturated heterocycles. The molecule has 4 saturated carbocycles. The molecule has 0 aliphatic heterocycles. The van der Waals surface area contributed by atoms with Crippen LogP contribution in [0.1, 0.15) is 32.1 Å². The van der Waals surface area contributed by atoms with Crippen LogP contribution in [-0.4, -0.2) is 10.9 Å². The molecule has 4 fully saturated rings. The number of pyridine rings is 1. The van der Waals surface area contributed by atoms with Gasteiger partial charge in [-0.2, -0.15) is 0 Å². The Hall–Kier alpha value is -1.78. The molecule has 1 amide bonds. The minimum Gasteiger partial charge on any atom is -0.397 e. The number of carbonyl (C=O) groups excluding carboxylic acids is 1. The lowest BCUT2D eigenvalue weighted by molar-refractivity contribution is -0.132. The van der Waals surface area contributed by atoms with E-state index in [2.05, 4.69) is 10.3 Å². The molecule has 0 radical (unpaired) electrons. The van der Waals surface area contributed by atoms with Crippen LogP contribution >= 0.6 is 0 Å². The molecule has 112 valence electrons. The molecule has 0 unspecified atom stereocenters. The summed E-state index contributed by atoms with van der Waals surface area (Å²) in [6, 6.07) is 1.64. The van der Waals surface area contributed by atoms with Gasteiger partial charge < -0.3 is 16.8 Å². The average molecular weight is 286 g/mol. The van der Waals surface area contributed by atoms with E-state index in [0.717, 1.165) is 11.8 Å². The molecule has 5 rings (SSSR count). The lowest BCUT2D eigenvalue weighted by Gasteiger charge is -2.53. The normalized spacial score (nSPS) is 36.7. The maximum Gasteiger partial charge on any atom is 0.229 e. The standard InChI is InChI=1S/C16H22N4O/c17-12-6-14(19-7-13(12)18)20-16(21)15-10-2-8-1-9(4-10)5-11(15)3-8/h6-11,15H,1-5,18H2,(H3,17,19,20,21). The van der Waals surface area contributed by atoms with Crippen LogP contribution in [0, 0.1) is 29.6 Å². The lowest BCUT2D eigenvalue weighted by atomic mass is 9.51. The van der Waals surface area contributed by atoms with E-state index in [1.807, 2.05) is 0 Å². The first-order chi connectivity index (χ1) is 10.1. The number of hydrogen-bond donors (Lipinski definition) is 3. The van der Waals surface area contributed by atoms with Crippen molar-refractivity contribution in [2.45, 2.75) is 32.1 Å². The fourth-order valence-corrected chi connectivity index (χ4v) is 5.11. The van der Waals surface area contributed by atoms with Crippen molar-refractivity contribution in [3.05, 3.63) is 12.3 Å². The number of carbonyl (C=O) groups is 1. The van der Waals surface area contributed by atoms with Gasteiger partial charge in [-0.05, 0) is 55.8 Å². The van der Waals surface area contributed by atoms with Gasteiger partial charge in [0.1, 0.15) is 5.82 Å². The monoisotopic (exact) mass is 286 g/mol. The van der Waals surface area contributed by atoms with E-state index in [4.69, 9.17) is 11.5 Å². The van der Waals surface area contributed by atoms with Crippen LogP contribution in [0.15, 0.2) is 12.3 Å². The highest BCUT2D eigenvalue weighted by Gasteiger charge is 2.50. The van der Waals surface area contributed by atoms with Crippen molar-refractivity contribution >= 4 is 23.1 Å². The van der Waals surface area contributed by atoms with E-state index in [1.165, 1.54) is 38.3 Å². The summed E-state index contributed by atoms with van der Waals surface area (Å²) in [6.07, 6.45) is 7.86. The topological polar surface area (TPSA) is 94.0 Å². The van der Waals surface area contributed by atoms with Crippen LogP contribution < -0.4 is 16.8 Å². The van der Waals surface area contributed by atoms with Gasteiger partial charge in [-0.1, -0.05) is 0 Å². The molecule has 1 aromatic rings. The smallest absolute Gasteiger partial charge is 0.229 e. The summed E-state index contributed by atoms with van der Waals surface area (Å²) in [5.41, 5.74) is 12.3. The second kappa shape index (κ2) is 4.61. The second-order valence-electron chi connectivity index (χ2n) is 7.14. The van der Waals surface area contributed by atoms with Crippen molar-refractivity contribution in [2.24, 2.45) is 29.6 Å². The van der Waals surface area contributed by atoms with Crippen LogP contribution in [0.4, 0.5) is 17.2 Å². The number of nitrogens with zero attached hydrogens (tertiary/aromatic N) is 1. The zero-order valence-corrected chi connectivity index (χ0v) is 12.1. The van der Waals surface area contributed by atoms with Gasteiger partial charge in [-0.25, -0.2) is 4.98 Å². The maximum atomic E-state index is 12.7. The molecule has 0 spiro atoms. The van der Waals surface area contributed by atoms with Gasteiger partial charge in [0.25, 0.3) is 0 Å². The van der Waals surface area contributed by atoms with E-state index in [0.29, 0.717) is 29.0 Å². The third-order valence-corrected chi connectivity index (χ3v) is 5.75. The highest BCUT2D eigenvalue weighted by molar-refractivity contribution is 5.93. The molecule has 4 aliphatic carbocycles. The molecular formula is C16H22N4O. The van der Waals surface area contributed by atoms with Crippen molar-refractivity contribution in [3.63, 3.8) is 0 Å². The fraction of sp³-hybridized carbons (Fsp3) is 0.625. The van der Waals surface area contributed by atoms with Gasteiger partial charge in [-0.3, -0.25) is 4.79 Å². The van der Waals surface area contributed by atoms with E-state index < -0.39 is 0 Å². The molecule has 5 heteroatoms. The van der Waals surface area contributed by atoms with Gasteiger partial charge in [0, 0.05) is 12.0 Å². The first-order valence-corrected chi connectivity index (χ1v) is 7.92. The van der Waals surface area contributed by atoms with Crippen LogP contribution in [0.3, 0.4) is 0 Å². The molecule has 5 nitrogen and oxygen atoms in total. The van der Waals surface area contributed by atoms with E-state index >= 15 is 0 Å². The van der Waals surface area contributed by atoms with Crippen LogP contribution in [0.2, 0.25) is 0 Å². The van der Waals surface area contributed by atoms with E-state index in [1.54, 1.807) is 6.07 Å². The number of aromatic nitrogens is 1. The first-order valence-electron chi connectivity index (χ1n) is 7.92. The number of anilines is 3. The first kappa shape index (κ1) is 12.9. The zero-order valence-electron chi connectivity index (χ0n) is 12.1. The second-order valence-corrected chi connectivity index (χ2v) is 7.14. The quantitative estimate of drug-likeness (QED) is 0.777. The Labute approximate surface area is 124 Å². The Morgan fingerprint density at radius 2 is 1.67 bits per heavy atom. The Kier molecular flexibility index (Phi) is 2.84. The zero-order chi connectivity index (χ0) is 14.6. The Morgan fingerprint density at radius 1 is 1.05 bits per heavy atom. The third kappa shape index (κ3) is 2.15. The van der Waals surface area contributed by atoms with Gasteiger partial charge in [0.2, 0.25) is 5.91 Å². The molecule has 1 heterocycles. The van der Waals surface area contributed by atoms with Gasteiger partial charge in [0.05, 0.1) is 17.6 Å². The molecule has 4 bridgehead atoms. The summed E-state index contributed by atoms with van der Waals surface area (Å²) in [5, 5.41) is 2.95. The number of nitrogen functional groups attached to an aromatic ring is 2. The summed E-state index contributed by atoms with van der Waals surface area (Å²) in [6.45, 7) is 0. The van der Waals surface area contributed by atoms with Gasteiger partial charge in [-0.15, -0.1) is 0 Å². The molecule has 21 heavy (non-hydrogen) atoms. The van der Waals surface area contributed by atoms with Crippen molar-refractivity contribution in [2.75, 3.05) is 16.8 Å². The summed E-state index contributed by atoms with van der Waals surface area (Å²) in [7, 11) is 0. The van der Waals surface area contributed by atoms with Crippen LogP contribution in [-0.2, 0) is 4.79 Å². The minimum atomic E-state index is 0.125. The van der Waals surface area contributed by atoms with Crippen molar-refractivity contribution in [1.82, 2.24) is 4.98 Å². The highest BCUT2D eigenvalue weighted by atomic mass is 16.2. The molecule has 4 aliphatic rings. The number of nitrogens with one attached hydrogen (secondary N) is 1. The van der Waals surface area contributed by atoms with Crippen LogP contribution in [0.5, 0.6) is 0 Å².